The van der Waals surface area contributed by atoms with Gasteiger partial charge in [-0.25, -0.2) is 13.4 Å². The fourth-order valence-corrected chi connectivity index (χ4v) is 5.77. The normalized spacial score (nSPS) is 15.3. The van der Waals surface area contributed by atoms with Crippen molar-refractivity contribution in [1.29, 1.82) is 0 Å². The van der Waals surface area contributed by atoms with Gasteiger partial charge in [0.05, 0.1) is 5.75 Å². The van der Waals surface area contributed by atoms with Crippen LogP contribution >= 0.6 is 0 Å². The van der Waals surface area contributed by atoms with Gasteiger partial charge in [-0.05, 0) is 49.1 Å². The SMILES string of the molecule is C=CCOc1cccc(CCN(C)C(=O)c2nc(N3CCCCCS3(=O)=O)c3cccnc3c2O)c1. The quantitative estimate of drug-likeness (QED) is 0.461. The fourth-order valence-electron chi connectivity index (χ4n) is 4.17. The summed E-state index contributed by atoms with van der Waals surface area (Å²) in [5.74, 6) is -0.0344. The van der Waals surface area contributed by atoms with Gasteiger partial charge in [-0.15, -0.1) is 0 Å². The number of likely N-dealkylation sites (N-methyl/N-ethyl adjacent to an activating group) is 1. The van der Waals surface area contributed by atoms with Crippen LogP contribution in [0, 0.1) is 0 Å². The Morgan fingerprint density at radius 2 is 2.08 bits per heavy atom. The van der Waals surface area contributed by atoms with E-state index in [1.807, 2.05) is 24.3 Å². The Kier molecular flexibility index (Phi) is 7.73. The molecule has 0 atom stereocenters. The Bertz CT molecular complexity index is 1380. The molecule has 1 aliphatic rings. The van der Waals surface area contributed by atoms with Crippen molar-refractivity contribution in [3.8, 4) is 11.5 Å². The second-order valence-corrected chi connectivity index (χ2v) is 10.7. The highest BCUT2D eigenvalue weighted by Crippen LogP contribution is 2.35. The van der Waals surface area contributed by atoms with Crippen LogP contribution in [-0.2, 0) is 16.4 Å². The van der Waals surface area contributed by atoms with Crippen LogP contribution in [-0.4, -0.2) is 66.8 Å². The smallest absolute Gasteiger partial charge is 0.276 e. The molecule has 1 fully saturated rings. The lowest BCUT2D eigenvalue weighted by Gasteiger charge is -2.24. The molecule has 9 nitrogen and oxygen atoms in total. The summed E-state index contributed by atoms with van der Waals surface area (Å²) in [5, 5.41) is 11.3. The summed E-state index contributed by atoms with van der Waals surface area (Å²) in [5.41, 5.74) is 0.900. The summed E-state index contributed by atoms with van der Waals surface area (Å²) in [6.45, 7) is 4.66. The number of rotatable bonds is 8. The predicted molar refractivity (Wildman–Crippen MR) is 139 cm³/mol. The number of nitrogens with zero attached hydrogens (tertiary/aromatic N) is 4. The molecule has 1 aromatic carbocycles. The van der Waals surface area contributed by atoms with E-state index in [1.165, 1.54) is 15.4 Å². The van der Waals surface area contributed by atoms with Crippen molar-refractivity contribution in [1.82, 2.24) is 14.9 Å². The van der Waals surface area contributed by atoms with Crippen LogP contribution in [0.3, 0.4) is 0 Å². The topological polar surface area (TPSA) is 113 Å². The number of amides is 1. The molecule has 0 saturated carbocycles. The third kappa shape index (κ3) is 5.43. The van der Waals surface area contributed by atoms with E-state index in [2.05, 4.69) is 16.5 Å². The molecule has 0 aliphatic carbocycles. The zero-order valence-corrected chi connectivity index (χ0v) is 21.1. The number of benzene rings is 1. The maximum absolute atomic E-state index is 13.4. The van der Waals surface area contributed by atoms with Gasteiger partial charge in [0.25, 0.3) is 5.91 Å². The molecule has 2 aromatic heterocycles. The maximum atomic E-state index is 13.4. The zero-order chi connectivity index (χ0) is 25.7. The standard InChI is InChI=1S/C26H30N4O5S/c1-3-16-35-20-10-7-9-19(18-20)12-15-29(2)26(32)23-24(31)22-21(11-8-13-27-22)25(28-23)30-14-5-4-6-17-36(30,33)34/h3,7-11,13,18,31H,1,4-6,12,14-17H2,2H3. The Morgan fingerprint density at radius 1 is 1.25 bits per heavy atom. The first kappa shape index (κ1) is 25.4. The van der Waals surface area contributed by atoms with Crippen LogP contribution in [0.2, 0.25) is 0 Å². The minimum absolute atomic E-state index is 0.00999. The van der Waals surface area contributed by atoms with Crippen molar-refractivity contribution in [2.24, 2.45) is 0 Å². The van der Waals surface area contributed by atoms with E-state index in [4.69, 9.17) is 4.74 Å². The first-order valence-electron chi connectivity index (χ1n) is 11.9. The largest absolute Gasteiger partial charge is 0.504 e. The Morgan fingerprint density at radius 3 is 2.89 bits per heavy atom. The molecule has 3 aromatic rings. The average molecular weight is 511 g/mol. The monoisotopic (exact) mass is 510 g/mol. The lowest BCUT2D eigenvalue weighted by molar-refractivity contribution is 0.0788. The van der Waals surface area contributed by atoms with Gasteiger partial charge < -0.3 is 14.7 Å². The summed E-state index contributed by atoms with van der Waals surface area (Å²) in [6, 6.07) is 10.9. The van der Waals surface area contributed by atoms with Crippen LogP contribution < -0.4 is 9.04 Å². The van der Waals surface area contributed by atoms with Crippen molar-refractivity contribution in [3.63, 3.8) is 0 Å². The third-order valence-electron chi connectivity index (χ3n) is 6.10. The van der Waals surface area contributed by atoms with Crippen LogP contribution in [0.5, 0.6) is 11.5 Å². The number of pyridine rings is 2. The van der Waals surface area contributed by atoms with Gasteiger partial charge in [0, 0.05) is 31.7 Å². The molecular formula is C26H30N4O5S. The van der Waals surface area contributed by atoms with E-state index < -0.39 is 15.9 Å². The van der Waals surface area contributed by atoms with Gasteiger partial charge in [0.1, 0.15) is 17.9 Å². The van der Waals surface area contributed by atoms with Gasteiger partial charge in [-0.3, -0.25) is 14.1 Å². The van der Waals surface area contributed by atoms with Crippen molar-refractivity contribution < 1.29 is 23.1 Å². The molecule has 4 rings (SSSR count). The summed E-state index contributed by atoms with van der Waals surface area (Å²) >= 11 is 0. The highest BCUT2D eigenvalue weighted by atomic mass is 32.2. The average Bonchev–Trinajstić information content (AvgIpc) is 3.06. The molecule has 3 heterocycles. The number of carbonyl (C=O) groups excluding carboxylic acids is 1. The van der Waals surface area contributed by atoms with Gasteiger partial charge >= 0.3 is 0 Å². The summed E-state index contributed by atoms with van der Waals surface area (Å²) in [7, 11) is -2.00. The van der Waals surface area contributed by atoms with Gasteiger partial charge in [-0.1, -0.05) is 31.2 Å². The van der Waals surface area contributed by atoms with Crippen molar-refractivity contribution in [2.75, 3.05) is 36.8 Å². The van der Waals surface area contributed by atoms with E-state index in [0.717, 1.165) is 12.0 Å². The number of fused-ring (bicyclic) bond motifs is 1. The highest BCUT2D eigenvalue weighted by Gasteiger charge is 2.31. The number of hydrogen-bond acceptors (Lipinski definition) is 7. The Hall–Kier alpha value is -3.66. The van der Waals surface area contributed by atoms with Gasteiger partial charge in [0.15, 0.2) is 17.3 Å². The number of aromatic hydroxyl groups is 1. The molecule has 0 spiro atoms. The second-order valence-electron chi connectivity index (χ2n) is 8.70. The number of anilines is 1. The molecule has 36 heavy (non-hydrogen) atoms. The lowest BCUT2D eigenvalue weighted by Crippen LogP contribution is -2.34. The van der Waals surface area contributed by atoms with Crippen LogP contribution in [0.25, 0.3) is 10.9 Å². The summed E-state index contributed by atoms with van der Waals surface area (Å²) in [4.78, 5) is 23.5. The number of aromatic nitrogens is 2. The Balaban J connectivity index is 1.63. The first-order chi connectivity index (χ1) is 17.3. The first-order valence-corrected chi connectivity index (χ1v) is 13.5. The molecule has 1 amide bonds. The molecular weight excluding hydrogens is 480 g/mol. The molecule has 1 saturated heterocycles. The Labute approximate surface area is 211 Å². The third-order valence-corrected chi connectivity index (χ3v) is 7.93. The minimum atomic E-state index is -3.62. The number of hydrogen-bond donors (Lipinski definition) is 1. The van der Waals surface area contributed by atoms with Crippen LogP contribution in [0.4, 0.5) is 5.82 Å². The van der Waals surface area contributed by atoms with E-state index in [9.17, 15) is 18.3 Å². The fraction of sp³-hybridized carbons (Fsp3) is 0.346. The maximum Gasteiger partial charge on any atom is 0.276 e. The van der Waals surface area contributed by atoms with Crippen molar-refractivity contribution in [2.45, 2.75) is 25.7 Å². The second kappa shape index (κ2) is 10.9. The number of carbonyl (C=O) groups is 1. The molecule has 0 radical (unpaired) electrons. The van der Waals surface area contributed by atoms with E-state index in [0.29, 0.717) is 43.5 Å². The van der Waals surface area contributed by atoms with Crippen LogP contribution in [0.15, 0.2) is 55.3 Å². The molecule has 1 aliphatic heterocycles. The highest BCUT2D eigenvalue weighted by molar-refractivity contribution is 7.92. The molecule has 0 bridgehead atoms. The molecule has 10 heteroatoms. The van der Waals surface area contributed by atoms with Gasteiger partial charge in [0.2, 0.25) is 10.0 Å². The number of ether oxygens (including phenoxy) is 1. The van der Waals surface area contributed by atoms with Gasteiger partial charge in [-0.2, -0.15) is 0 Å². The predicted octanol–water partition coefficient (Wildman–Crippen LogP) is 3.54. The van der Waals surface area contributed by atoms with E-state index in [-0.39, 0.29) is 35.1 Å². The lowest BCUT2D eigenvalue weighted by atomic mass is 10.1. The van der Waals surface area contributed by atoms with Crippen LogP contribution in [0.1, 0.15) is 35.3 Å². The van der Waals surface area contributed by atoms with Crippen molar-refractivity contribution >= 4 is 32.7 Å². The minimum Gasteiger partial charge on any atom is -0.504 e. The summed E-state index contributed by atoms with van der Waals surface area (Å²) < 4.78 is 32.8. The van der Waals surface area contributed by atoms with Crippen molar-refractivity contribution in [3.05, 3.63) is 66.5 Å². The van der Waals surface area contributed by atoms with E-state index >= 15 is 0 Å². The molecule has 1 N–H and O–H groups in total. The van der Waals surface area contributed by atoms with E-state index in [1.54, 1.807) is 25.3 Å². The zero-order valence-electron chi connectivity index (χ0n) is 20.3. The molecule has 190 valence electrons. The number of sulfonamides is 1. The molecule has 0 unspecified atom stereocenters. The summed E-state index contributed by atoms with van der Waals surface area (Å²) in [6.07, 6.45) is 5.75.